The summed E-state index contributed by atoms with van der Waals surface area (Å²) in [6, 6.07) is 16.9. The van der Waals surface area contributed by atoms with E-state index in [1.807, 2.05) is 61.5 Å². The highest BCUT2D eigenvalue weighted by Crippen LogP contribution is 2.43. The van der Waals surface area contributed by atoms with Crippen LogP contribution in [0.5, 0.6) is 5.75 Å². The van der Waals surface area contributed by atoms with E-state index in [-0.39, 0.29) is 0 Å². The fraction of sp³-hybridized carbons (Fsp3) is 0.303. The minimum atomic E-state index is -0.789. The molecule has 0 saturated heterocycles. The molecular weight excluding hydrogens is 598 g/mol. The molecule has 1 aliphatic carbocycles. The first-order valence-electron chi connectivity index (χ1n) is 14.1. The number of ether oxygens (including phenoxy) is 5. The second-order valence-corrected chi connectivity index (χ2v) is 10.2. The number of rotatable bonds is 12. The van der Waals surface area contributed by atoms with Gasteiger partial charge in [0.15, 0.2) is 0 Å². The van der Waals surface area contributed by atoms with Crippen molar-refractivity contribution in [3.8, 4) is 28.2 Å². The molecule has 242 valence electrons. The molecule has 4 rings (SSSR count). The number of carbonyl (C=O) groups is 4. The first kappa shape index (κ1) is 33.3. The van der Waals surface area contributed by atoms with Crippen molar-refractivity contribution in [2.75, 3.05) is 64.7 Å². The number of fused-ring (bicyclic) bond motifs is 2. The van der Waals surface area contributed by atoms with Crippen LogP contribution >= 0.6 is 0 Å². The van der Waals surface area contributed by atoms with Gasteiger partial charge in [-0.1, -0.05) is 6.07 Å². The lowest BCUT2D eigenvalue weighted by Gasteiger charge is -2.26. The molecule has 0 amide bonds. The number of methoxy groups -OCH3 is 1. The average Bonchev–Trinajstić information content (AvgIpc) is 3.02. The van der Waals surface area contributed by atoms with Crippen LogP contribution < -0.4 is 19.9 Å². The van der Waals surface area contributed by atoms with Crippen LogP contribution in [0.3, 0.4) is 0 Å². The van der Waals surface area contributed by atoms with E-state index in [0.29, 0.717) is 22.8 Å². The standard InChI is InChI=1S/C33H35N3O10/c1-20(37)42-18-44-31(39)16-36(17-32(40)45-19-43-21(2)38)27-13-22(7-12-28(27)41-6)33-25-10-8-23(34-3)14-29(25)46-30-15-24(35(4)5)9-11-26(30)33/h7-15H,16-19H2,1-6H3. The molecule has 2 aromatic rings. The van der Waals surface area contributed by atoms with Crippen LogP contribution in [0.2, 0.25) is 0 Å². The van der Waals surface area contributed by atoms with E-state index in [4.69, 9.17) is 28.1 Å². The molecule has 46 heavy (non-hydrogen) atoms. The molecule has 0 unspecified atom stereocenters. The van der Waals surface area contributed by atoms with Crippen LogP contribution in [0.4, 0.5) is 11.4 Å². The van der Waals surface area contributed by atoms with E-state index in [1.165, 1.54) is 25.9 Å². The van der Waals surface area contributed by atoms with Gasteiger partial charge >= 0.3 is 23.9 Å². The third-order valence-electron chi connectivity index (χ3n) is 6.88. The molecule has 13 nitrogen and oxygen atoms in total. The van der Waals surface area contributed by atoms with Crippen LogP contribution in [-0.2, 0) is 38.1 Å². The lowest BCUT2D eigenvalue weighted by atomic mass is 9.93. The number of benzene rings is 3. The summed E-state index contributed by atoms with van der Waals surface area (Å²) in [5, 5.41) is 1.56. The Morgan fingerprint density at radius 2 is 1.46 bits per heavy atom. The van der Waals surface area contributed by atoms with Gasteiger partial charge in [0.2, 0.25) is 13.6 Å². The summed E-state index contributed by atoms with van der Waals surface area (Å²) in [5.74, 6) is -1.87. The molecule has 1 aliphatic heterocycles. The van der Waals surface area contributed by atoms with Gasteiger partial charge < -0.3 is 37.9 Å². The Morgan fingerprint density at radius 1 is 0.804 bits per heavy atom. The summed E-state index contributed by atoms with van der Waals surface area (Å²) in [5.41, 5.74) is 4.32. The van der Waals surface area contributed by atoms with Crippen LogP contribution in [-0.4, -0.2) is 78.8 Å². The number of carbonyl (C=O) groups excluding carboxylic acids is 4. The molecule has 0 spiro atoms. The molecule has 0 saturated carbocycles. The van der Waals surface area contributed by atoms with Crippen molar-refractivity contribution < 1.29 is 47.3 Å². The molecule has 2 aromatic carbocycles. The topological polar surface area (TPSA) is 146 Å². The Hall–Kier alpha value is -5.59. The molecule has 0 radical (unpaired) electrons. The van der Waals surface area contributed by atoms with Crippen LogP contribution in [0, 0.1) is 0 Å². The first-order chi connectivity index (χ1) is 22.0. The quantitative estimate of drug-likeness (QED) is 0.127. The number of hydrogen-bond acceptors (Lipinski definition) is 13. The Bertz CT molecular complexity index is 1760. The maximum absolute atomic E-state index is 12.8. The van der Waals surface area contributed by atoms with Crippen LogP contribution in [0.1, 0.15) is 13.8 Å². The third-order valence-corrected chi connectivity index (χ3v) is 6.88. The number of nitrogens with zero attached hydrogens (tertiary/aromatic N) is 3. The predicted molar refractivity (Wildman–Crippen MR) is 168 cm³/mol. The zero-order valence-electron chi connectivity index (χ0n) is 26.4. The SMILES string of the molecule is CN=c1ccc2c(-c3ccc(OC)c(N(CC(=O)OCOC(C)=O)CC(=O)OCOC(C)=O)c3)c3ccc(N(C)C)cc3oc-2c1. The lowest BCUT2D eigenvalue weighted by Crippen LogP contribution is -2.37. The number of esters is 4. The zero-order chi connectivity index (χ0) is 33.4. The molecule has 0 aromatic heterocycles. The van der Waals surface area contributed by atoms with Crippen molar-refractivity contribution in [3.05, 3.63) is 60.0 Å². The maximum atomic E-state index is 12.8. The van der Waals surface area contributed by atoms with Gasteiger partial charge in [0.25, 0.3) is 0 Å². The van der Waals surface area contributed by atoms with E-state index >= 15 is 0 Å². The highest BCUT2D eigenvalue weighted by molar-refractivity contribution is 6.03. The third kappa shape index (κ3) is 8.11. The highest BCUT2D eigenvalue weighted by Gasteiger charge is 2.24. The summed E-state index contributed by atoms with van der Waals surface area (Å²) < 4.78 is 31.5. The van der Waals surface area contributed by atoms with Crippen molar-refractivity contribution in [3.63, 3.8) is 0 Å². The van der Waals surface area contributed by atoms with E-state index in [1.54, 1.807) is 19.2 Å². The minimum Gasteiger partial charge on any atom is -0.495 e. The van der Waals surface area contributed by atoms with Crippen molar-refractivity contribution in [2.24, 2.45) is 4.99 Å². The average molecular weight is 634 g/mol. The second-order valence-electron chi connectivity index (χ2n) is 10.2. The zero-order valence-corrected chi connectivity index (χ0v) is 26.4. The molecule has 0 fully saturated rings. The Labute approximate surface area is 265 Å². The van der Waals surface area contributed by atoms with Gasteiger partial charge in [0.05, 0.1) is 18.2 Å². The van der Waals surface area contributed by atoms with Crippen molar-refractivity contribution in [1.29, 1.82) is 0 Å². The van der Waals surface area contributed by atoms with Gasteiger partial charge in [-0.25, -0.2) is 0 Å². The van der Waals surface area contributed by atoms with Gasteiger partial charge in [-0.05, 0) is 42.0 Å². The summed E-state index contributed by atoms with van der Waals surface area (Å²) >= 11 is 0. The predicted octanol–water partition coefficient (Wildman–Crippen LogP) is 3.74. The fourth-order valence-electron chi connectivity index (χ4n) is 4.67. The Morgan fingerprint density at radius 3 is 2.02 bits per heavy atom. The largest absolute Gasteiger partial charge is 0.495 e. The number of hydrogen-bond donors (Lipinski definition) is 0. The molecule has 2 aliphatic rings. The second kappa shape index (κ2) is 14.9. The van der Waals surface area contributed by atoms with Crippen molar-refractivity contribution >= 4 is 46.2 Å². The summed E-state index contributed by atoms with van der Waals surface area (Å²) in [6.07, 6.45) is 0. The number of anilines is 2. The Balaban J connectivity index is 1.85. The van der Waals surface area contributed by atoms with Gasteiger partial charge in [-0.15, -0.1) is 0 Å². The van der Waals surface area contributed by atoms with E-state index < -0.39 is 50.6 Å². The highest BCUT2D eigenvalue weighted by atomic mass is 16.7. The van der Waals surface area contributed by atoms with Gasteiger partial charge in [0, 0.05) is 69.3 Å². The van der Waals surface area contributed by atoms with Gasteiger partial charge in [-0.2, -0.15) is 0 Å². The molecule has 0 bridgehead atoms. The molecule has 0 N–H and O–H groups in total. The van der Waals surface area contributed by atoms with Gasteiger partial charge in [-0.3, -0.25) is 24.2 Å². The van der Waals surface area contributed by atoms with Gasteiger partial charge in [0.1, 0.15) is 30.2 Å². The smallest absolute Gasteiger partial charge is 0.328 e. The van der Waals surface area contributed by atoms with E-state index in [2.05, 4.69) is 4.99 Å². The monoisotopic (exact) mass is 633 g/mol. The molecule has 1 heterocycles. The van der Waals surface area contributed by atoms with E-state index in [9.17, 15) is 19.2 Å². The van der Waals surface area contributed by atoms with E-state index in [0.717, 1.165) is 33.1 Å². The summed E-state index contributed by atoms with van der Waals surface area (Å²) in [6.45, 7) is 0.287. The van der Waals surface area contributed by atoms with Crippen molar-refractivity contribution in [1.82, 2.24) is 0 Å². The normalized spacial score (nSPS) is 11.2. The minimum absolute atomic E-state index is 0.348. The summed E-state index contributed by atoms with van der Waals surface area (Å²) in [4.78, 5) is 55.5. The fourth-order valence-corrected chi connectivity index (χ4v) is 4.67. The van der Waals surface area contributed by atoms with Crippen LogP contribution in [0.25, 0.3) is 33.4 Å². The summed E-state index contributed by atoms with van der Waals surface area (Å²) in [7, 11) is 7.04. The molecule has 0 atom stereocenters. The molecule has 13 heteroatoms. The van der Waals surface area contributed by atoms with Crippen LogP contribution in [0.15, 0.2) is 64.0 Å². The molecular formula is C33H35N3O10. The maximum Gasteiger partial charge on any atom is 0.328 e. The van der Waals surface area contributed by atoms with Crippen molar-refractivity contribution in [2.45, 2.75) is 13.8 Å². The Kier molecular flexibility index (Phi) is 10.8. The lowest BCUT2D eigenvalue weighted by molar-refractivity contribution is -0.165. The first-order valence-corrected chi connectivity index (χ1v) is 14.1.